The van der Waals surface area contributed by atoms with Crippen molar-refractivity contribution in [3.05, 3.63) is 48.0 Å². The summed E-state index contributed by atoms with van der Waals surface area (Å²) in [5, 5.41) is 0.736. The molecule has 1 amide bonds. The van der Waals surface area contributed by atoms with Crippen LogP contribution in [0.25, 0.3) is 10.2 Å². The number of sulfonamides is 1. The van der Waals surface area contributed by atoms with Crippen molar-refractivity contribution in [2.45, 2.75) is 29.6 Å². The van der Waals surface area contributed by atoms with Gasteiger partial charge in [-0.3, -0.25) is 4.79 Å². The van der Waals surface area contributed by atoms with Crippen molar-refractivity contribution in [3.8, 4) is 0 Å². The van der Waals surface area contributed by atoms with Crippen LogP contribution in [0.3, 0.4) is 0 Å². The first-order chi connectivity index (χ1) is 17.5. The number of carbonyl (C=O) groups excluding carboxylic acids is 1. The number of sulfone groups is 1. The molecule has 2 aromatic carbocycles. The number of carbonyl (C=O) groups is 1. The zero-order chi connectivity index (χ0) is 26.4. The van der Waals surface area contributed by atoms with E-state index < -0.39 is 19.9 Å². The zero-order valence-electron chi connectivity index (χ0n) is 20.8. The lowest BCUT2D eigenvalue weighted by molar-refractivity contribution is 0.0746. The molecule has 0 unspecified atom stereocenters. The predicted octanol–water partition coefficient (Wildman–Crippen LogP) is 3.08. The number of piperazine rings is 1. The lowest BCUT2D eigenvalue weighted by atomic mass is 10.0. The number of nitrogens with zero attached hydrogens (tertiary/aromatic N) is 4. The number of hydrogen-bond donors (Lipinski definition) is 0. The maximum absolute atomic E-state index is 13.1. The van der Waals surface area contributed by atoms with Crippen LogP contribution in [0.1, 0.15) is 30.1 Å². The molecule has 0 saturated carbocycles. The fraction of sp³-hybridized carbons (Fsp3) is 0.440. The van der Waals surface area contributed by atoms with Gasteiger partial charge in [0.2, 0.25) is 10.0 Å². The fourth-order valence-electron chi connectivity index (χ4n) is 4.77. The second-order valence-electron chi connectivity index (χ2n) is 9.76. The summed E-state index contributed by atoms with van der Waals surface area (Å²) in [6.07, 6.45) is 2.90. The Balaban J connectivity index is 1.24. The van der Waals surface area contributed by atoms with Gasteiger partial charge in [0, 0.05) is 51.1 Å². The molecule has 0 bridgehead atoms. The Bertz CT molecular complexity index is 1520. The van der Waals surface area contributed by atoms with Gasteiger partial charge in [-0.25, -0.2) is 21.8 Å². The number of piperidine rings is 1. The topological polar surface area (TPSA) is 108 Å². The molecule has 0 aliphatic carbocycles. The molecular weight excluding hydrogens is 532 g/mol. The maximum atomic E-state index is 13.1. The van der Waals surface area contributed by atoms with Crippen LogP contribution in [0.4, 0.5) is 5.13 Å². The quantitative estimate of drug-likeness (QED) is 0.470. The molecule has 2 aliphatic heterocycles. The SMILES string of the molecule is CC1CCN(S(=O)(=O)c2ccc(C(=O)N3CCN(c4nc5c(S(C)(=O)=O)cccc5s4)CC3)cc2)CC1. The number of fused-ring (bicyclic) bond motifs is 1. The van der Waals surface area contributed by atoms with E-state index in [1.807, 2.05) is 6.07 Å². The summed E-state index contributed by atoms with van der Waals surface area (Å²) in [6, 6.07) is 11.4. The van der Waals surface area contributed by atoms with E-state index in [0.717, 1.165) is 22.7 Å². The number of thiazole rings is 1. The number of rotatable bonds is 5. The predicted molar refractivity (Wildman–Crippen MR) is 144 cm³/mol. The first kappa shape index (κ1) is 26.1. The van der Waals surface area contributed by atoms with Crippen molar-refractivity contribution < 1.29 is 21.6 Å². The monoisotopic (exact) mass is 562 g/mol. The summed E-state index contributed by atoms with van der Waals surface area (Å²) in [5.41, 5.74) is 0.940. The minimum atomic E-state index is -3.56. The lowest BCUT2D eigenvalue weighted by Gasteiger charge is -2.34. The second-order valence-corrected chi connectivity index (χ2v) is 14.7. The first-order valence-corrected chi connectivity index (χ1v) is 16.4. The van der Waals surface area contributed by atoms with Crippen molar-refractivity contribution in [2.75, 3.05) is 50.4 Å². The Morgan fingerprint density at radius 2 is 1.57 bits per heavy atom. The molecule has 12 heteroatoms. The molecule has 198 valence electrons. The van der Waals surface area contributed by atoms with E-state index >= 15 is 0 Å². The Morgan fingerprint density at radius 1 is 0.919 bits per heavy atom. The van der Waals surface area contributed by atoms with Crippen molar-refractivity contribution >= 4 is 52.5 Å². The van der Waals surface area contributed by atoms with Gasteiger partial charge in [0.25, 0.3) is 5.91 Å². The highest BCUT2D eigenvalue weighted by molar-refractivity contribution is 7.91. The molecule has 2 saturated heterocycles. The first-order valence-electron chi connectivity index (χ1n) is 12.3. The highest BCUT2D eigenvalue weighted by Crippen LogP contribution is 2.33. The van der Waals surface area contributed by atoms with Gasteiger partial charge in [-0.2, -0.15) is 4.31 Å². The van der Waals surface area contributed by atoms with Crippen LogP contribution in [-0.2, 0) is 19.9 Å². The molecule has 0 atom stereocenters. The Hall–Kier alpha value is -2.54. The molecular formula is C25H30N4O5S3. The molecule has 9 nitrogen and oxygen atoms in total. The Morgan fingerprint density at radius 3 is 2.19 bits per heavy atom. The van der Waals surface area contributed by atoms with E-state index in [1.165, 1.54) is 34.0 Å². The average Bonchev–Trinajstić information content (AvgIpc) is 3.32. The standard InChI is InChI=1S/C25H30N4O5S3/c1-18-10-12-29(13-11-18)37(33,34)20-8-6-19(7-9-20)24(30)27-14-16-28(17-15-27)25-26-23-21(35-25)4-3-5-22(23)36(2,31)32/h3-9,18H,10-17H2,1-2H3. The highest BCUT2D eigenvalue weighted by Gasteiger charge is 2.29. The van der Waals surface area contributed by atoms with E-state index in [4.69, 9.17) is 0 Å². The zero-order valence-corrected chi connectivity index (χ0v) is 23.3. The third-order valence-electron chi connectivity index (χ3n) is 7.09. The van der Waals surface area contributed by atoms with Crippen LogP contribution in [0.15, 0.2) is 52.3 Å². The molecule has 37 heavy (non-hydrogen) atoms. The van der Waals surface area contributed by atoms with Gasteiger partial charge in [-0.15, -0.1) is 0 Å². The molecule has 3 heterocycles. The van der Waals surface area contributed by atoms with E-state index in [2.05, 4.69) is 16.8 Å². The summed E-state index contributed by atoms with van der Waals surface area (Å²) in [5.74, 6) is 0.394. The lowest BCUT2D eigenvalue weighted by Crippen LogP contribution is -2.48. The molecule has 2 fully saturated rings. The molecule has 0 radical (unpaired) electrons. The summed E-state index contributed by atoms with van der Waals surface area (Å²) < 4.78 is 52.5. The van der Waals surface area contributed by atoms with Crippen molar-refractivity contribution in [1.82, 2.24) is 14.2 Å². The van der Waals surface area contributed by atoms with Gasteiger partial charge in [-0.05, 0) is 55.2 Å². The molecule has 2 aliphatic rings. The minimum absolute atomic E-state index is 0.140. The van der Waals surface area contributed by atoms with E-state index in [9.17, 15) is 21.6 Å². The second kappa shape index (κ2) is 9.97. The van der Waals surface area contributed by atoms with E-state index in [0.29, 0.717) is 56.3 Å². The largest absolute Gasteiger partial charge is 0.345 e. The Kier molecular flexibility index (Phi) is 7.03. The molecule has 0 spiro atoms. The molecule has 1 aromatic heterocycles. The van der Waals surface area contributed by atoms with Crippen LogP contribution >= 0.6 is 11.3 Å². The van der Waals surface area contributed by atoms with Crippen LogP contribution in [0, 0.1) is 5.92 Å². The van der Waals surface area contributed by atoms with Crippen molar-refractivity contribution in [1.29, 1.82) is 0 Å². The summed E-state index contributed by atoms with van der Waals surface area (Å²) in [7, 11) is -6.94. The van der Waals surface area contributed by atoms with Gasteiger partial charge in [0.15, 0.2) is 15.0 Å². The number of hydrogen-bond acceptors (Lipinski definition) is 8. The number of amides is 1. The van der Waals surface area contributed by atoms with Gasteiger partial charge >= 0.3 is 0 Å². The maximum Gasteiger partial charge on any atom is 0.253 e. The highest BCUT2D eigenvalue weighted by atomic mass is 32.2. The van der Waals surface area contributed by atoms with Crippen LogP contribution < -0.4 is 4.90 Å². The Labute approximate surface area is 221 Å². The smallest absolute Gasteiger partial charge is 0.253 e. The number of aromatic nitrogens is 1. The third kappa shape index (κ3) is 5.25. The van der Waals surface area contributed by atoms with Crippen LogP contribution in [0.2, 0.25) is 0 Å². The van der Waals surface area contributed by atoms with Gasteiger partial charge in [0.05, 0.1) is 14.5 Å². The summed E-state index contributed by atoms with van der Waals surface area (Å²) in [4.78, 5) is 22.0. The third-order valence-corrected chi connectivity index (χ3v) is 11.2. The van der Waals surface area contributed by atoms with Crippen molar-refractivity contribution in [2.24, 2.45) is 5.92 Å². The summed E-state index contributed by atoms with van der Waals surface area (Å²) >= 11 is 1.44. The number of benzene rings is 2. The summed E-state index contributed by atoms with van der Waals surface area (Å²) in [6.45, 7) is 5.30. The minimum Gasteiger partial charge on any atom is -0.345 e. The van der Waals surface area contributed by atoms with Gasteiger partial charge < -0.3 is 9.80 Å². The molecule has 3 aromatic rings. The van der Waals surface area contributed by atoms with Crippen molar-refractivity contribution in [3.63, 3.8) is 0 Å². The van der Waals surface area contributed by atoms with E-state index in [1.54, 1.807) is 29.2 Å². The normalized spacial score (nSPS) is 18.4. The fourth-order valence-corrected chi connectivity index (χ4v) is 8.18. The van der Waals surface area contributed by atoms with E-state index in [-0.39, 0.29) is 15.7 Å². The van der Waals surface area contributed by atoms with Crippen LogP contribution in [0.5, 0.6) is 0 Å². The van der Waals surface area contributed by atoms with Crippen LogP contribution in [-0.4, -0.2) is 82.5 Å². The average molecular weight is 563 g/mol. The molecule has 5 rings (SSSR count). The molecule has 0 N–H and O–H groups in total. The van der Waals surface area contributed by atoms with Gasteiger partial charge in [-0.1, -0.05) is 24.3 Å². The number of para-hydroxylation sites is 1. The van der Waals surface area contributed by atoms with Gasteiger partial charge in [0.1, 0.15) is 5.52 Å². The number of anilines is 1.